The predicted molar refractivity (Wildman–Crippen MR) is 78.4 cm³/mol. The van der Waals surface area contributed by atoms with E-state index in [9.17, 15) is 4.79 Å². The number of carbonyl (C=O) groups excluding carboxylic acids is 1. The van der Waals surface area contributed by atoms with Crippen molar-refractivity contribution in [2.45, 2.75) is 39.3 Å². The first kappa shape index (κ1) is 15.0. The average Bonchev–Trinajstić information content (AvgIpc) is 2.77. The molecule has 0 bridgehead atoms. The molecule has 1 aromatic rings. The van der Waals surface area contributed by atoms with E-state index in [2.05, 4.69) is 32.7 Å². The number of piperidine rings is 1. The van der Waals surface area contributed by atoms with Gasteiger partial charge in [0, 0.05) is 44.0 Å². The zero-order valence-electron chi connectivity index (χ0n) is 12.6. The second-order valence-corrected chi connectivity index (χ2v) is 5.52. The molecule has 0 saturated carbocycles. The van der Waals surface area contributed by atoms with Gasteiger partial charge >= 0.3 is 0 Å². The first-order valence-corrected chi connectivity index (χ1v) is 7.27. The number of hydrogen-bond donors (Lipinski definition) is 3. The Bertz CT molecular complexity index is 429. The van der Waals surface area contributed by atoms with E-state index in [1.54, 1.807) is 7.05 Å². The second kappa shape index (κ2) is 6.85. The molecule has 1 aromatic heterocycles. The number of amides is 1. The van der Waals surface area contributed by atoms with Gasteiger partial charge in [0.1, 0.15) is 0 Å². The smallest absolute Gasteiger partial charge is 0.233 e. The van der Waals surface area contributed by atoms with E-state index in [0.717, 1.165) is 43.9 Å². The number of aryl methyl sites for hydroxylation is 2. The minimum Gasteiger partial charge on any atom is -0.358 e. The Labute approximate surface area is 120 Å². The first-order valence-electron chi connectivity index (χ1n) is 7.27. The number of likely N-dealkylation sites (tertiary alicyclic amines) is 1. The van der Waals surface area contributed by atoms with Gasteiger partial charge in [-0.3, -0.25) is 14.8 Å². The molecule has 0 radical (unpaired) electrons. The lowest BCUT2D eigenvalue weighted by Crippen LogP contribution is -2.45. The number of likely N-dealkylation sites (N-methyl/N-ethyl adjacent to an activating group) is 1. The Morgan fingerprint density at radius 3 is 2.65 bits per heavy atom. The van der Waals surface area contributed by atoms with Gasteiger partial charge in [-0.15, -0.1) is 0 Å². The monoisotopic (exact) mass is 279 g/mol. The minimum absolute atomic E-state index is 0.0982. The molecule has 1 amide bonds. The van der Waals surface area contributed by atoms with Gasteiger partial charge in [0.25, 0.3) is 0 Å². The molecule has 6 nitrogen and oxygen atoms in total. The van der Waals surface area contributed by atoms with E-state index in [0.29, 0.717) is 12.6 Å². The minimum atomic E-state index is 0.0982. The molecule has 0 unspecified atom stereocenters. The fraction of sp³-hybridized carbons (Fsp3) is 0.714. The van der Waals surface area contributed by atoms with Crippen molar-refractivity contribution in [3.63, 3.8) is 0 Å². The molecule has 6 heteroatoms. The van der Waals surface area contributed by atoms with Gasteiger partial charge in [0.05, 0.1) is 12.2 Å². The highest BCUT2D eigenvalue weighted by atomic mass is 16.1. The largest absolute Gasteiger partial charge is 0.358 e. The topological polar surface area (TPSA) is 73.1 Å². The summed E-state index contributed by atoms with van der Waals surface area (Å²) in [5, 5.41) is 13.5. The van der Waals surface area contributed by atoms with Crippen LogP contribution < -0.4 is 10.6 Å². The Balaban J connectivity index is 1.73. The molecule has 20 heavy (non-hydrogen) atoms. The zero-order chi connectivity index (χ0) is 14.5. The van der Waals surface area contributed by atoms with Gasteiger partial charge in [-0.05, 0) is 26.7 Å². The highest BCUT2D eigenvalue weighted by Crippen LogP contribution is 2.13. The van der Waals surface area contributed by atoms with Gasteiger partial charge < -0.3 is 10.6 Å². The van der Waals surface area contributed by atoms with Crippen molar-refractivity contribution in [3.05, 3.63) is 17.0 Å². The molecule has 0 aliphatic carbocycles. The molecular weight excluding hydrogens is 254 g/mol. The average molecular weight is 279 g/mol. The number of aromatic nitrogens is 2. The van der Waals surface area contributed by atoms with E-state index in [1.807, 2.05) is 6.92 Å². The third kappa shape index (κ3) is 3.80. The van der Waals surface area contributed by atoms with Crippen LogP contribution in [-0.4, -0.2) is 53.7 Å². The molecule has 0 spiro atoms. The number of nitrogens with zero attached hydrogens (tertiary/aromatic N) is 2. The lowest BCUT2D eigenvalue weighted by Gasteiger charge is -2.31. The van der Waals surface area contributed by atoms with Crippen molar-refractivity contribution in [1.29, 1.82) is 0 Å². The van der Waals surface area contributed by atoms with Crippen molar-refractivity contribution in [2.75, 3.05) is 26.7 Å². The molecule has 3 N–H and O–H groups in total. The summed E-state index contributed by atoms with van der Waals surface area (Å²) in [6, 6.07) is 0.532. The van der Waals surface area contributed by atoms with Crippen LogP contribution in [0.25, 0.3) is 0 Å². The first-order chi connectivity index (χ1) is 9.60. The summed E-state index contributed by atoms with van der Waals surface area (Å²) in [7, 11) is 1.69. The molecule has 1 saturated heterocycles. The Morgan fingerprint density at radius 2 is 2.10 bits per heavy atom. The predicted octanol–water partition coefficient (Wildman–Crippen LogP) is 0.327. The van der Waals surface area contributed by atoms with E-state index in [1.165, 1.54) is 5.56 Å². The third-order valence-electron chi connectivity index (χ3n) is 4.08. The zero-order valence-corrected chi connectivity index (χ0v) is 12.6. The molecule has 1 fully saturated rings. The van der Waals surface area contributed by atoms with Crippen LogP contribution >= 0.6 is 0 Å². The maximum absolute atomic E-state index is 11.3. The Morgan fingerprint density at radius 1 is 1.40 bits per heavy atom. The number of hydrogen-bond acceptors (Lipinski definition) is 4. The van der Waals surface area contributed by atoms with Gasteiger partial charge in [-0.1, -0.05) is 0 Å². The summed E-state index contributed by atoms with van der Waals surface area (Å²) in [4.78, 5) is 13.6. The summed E-state index contributed by atoms with van der Waals surface area (Å²) < 4.78 is 0. The molecule has 2 rings (SSSR count). The summed E-state index contributed by atoms with van der Waals surface area (Å²) in [6.45, 7) is 7.44. The summed E-state index contributed by atoms with van der Waals surface area (Å²) >= 11 is 0. The summed E-state index contributed by atoms with van der Waals surface area (Å²) in [5.41, 5.74) is 3.50. The number of H-pyrrole nitrogens is 1. The van der Waals surface area contributed by atoms with Crippen LogP contribution in [0.2, 0.25) is 0 Å². The van der Waals surface area contributed by atoms with Crippen LogP contribution in [0.1, 0.15) is 29.8 Å². The highest BCUT2D eigenvalue weighted by Gasteiger charge is 2.20. The van der Waals surface area contributed by atoms with Gasteiger partial charge in [0.2, 0.25) is 5.91 Å². The van der Waals surface area contributed by atoms with Gasteiger partial charge in [-0.25, -0.2) is 0 Å². The lowest BCUT2D eigenvalue weighted by atomic mass is 10.0. The van der Waals surface area contributed by atoms with Crippen molar-refractivity contribution >= 4 is 5.91 Å². The molecule has 1 aliphatic heterocycles. The molecule has 112 valence electrons. The van der Waals surface area contributed by atoms with E-state index >= 15 is 0 Å². The van der Waals surface area contributed by atoms with Crippen molar-refractivity contribution in [3.8, 4) is 0 Å². The number of carbonyl (C=O) groups is 1. The third-order valence-corrected chi connectivity index (χ3v) is 4.08. The van der Waals surface area contributed by atoms with Crippen LogP contribution in [-0.2, 0) is 11.3 Å². The van der Waals surface area contributed by atoms with Crippen molar-refractivity contribution < 1.29 is 4.79 Å². The highest BCUT2D eigenvalue weighted by molar-refractivity contribution is 5.77. The van der Waals surface area contributed by atoms with E-state index in [-0.39, 0.29) is 5.91 Å². The standard InChI is InChI=1S/C14H25N5O/c1-10-13(11(2)18-17-10)8-16-12-4-6-19(7-5-12)9-14(20)15-3/h12,16H,4-9H2,1-3H3,(H,15,20)(H,17,18). The summed E-state index contributed by atoms with van der Waals surface area (Å²) in [5.74, 6) is 0.0982. The quantitative estimate of drug-likeness (QED) is 0.726. The molecule has 2 heterocycles. The lowest BCUT2D eigenvalue weighted by molar-refractivity contribution is -0.122. The molecular formula is C14H25N5O. The van der Waals surface area contributed by atoms with Crippen molar-refractivity contribution in [1.82, 2.24) is 25.7 Å². The fourth-order valence-corrected chi connectivity index (χ4v) is 2.66. The SMILES string of the molecule is CNC(=O)CN1CCC(NCc2c(C)n[nH]c2C)CC1. The van der Waals surface area contributed by atoms with Gasteiger partial charge in [0.15, 0.2) is 0 Å². The van der Waals surface area contributed by atoms with Crippen LogP contribution in [0.4, 0.5) is 0 Å². The number of rotatable bonds is 5. The van der Waals surface area contributed by atoms with Crippen LogP contribution in [0.3, 0.4) is 0 Å². The second-order valence-electron chi connectivity index (χ2n) is 5.52. The fourth-order valence-electron chi connectivity index (χ4n) is 2.66. The van der Waals surface area contributed by atoms with Crippen LogP contribution in [0.15, 0.2) is 0 Å². The maximum atomic E-state index is 11.3. The maximum Gasteiger partial charge on any atom is 0.233 e. The normalized spacial score (nSPS) is 17.4. The summed E-state index contributed by atoms with van der Waals surface area (Å²) in [6.07, 6.45) is 2.18. The molecule has 1 aliphatic rings. The van der Waals surface area contributed by atoms with Crippen LogP contribution in [0.5, 0.6) is 0 Å². The number of nitrogens with one attached hydrogen (secondary N) is 3. The van der Waals surface area contributed by atoms with Gasteiger partial charge in [-0.2, -0.15) is 5.10 Å². The van der Waals surface area contributed by atoms with Crippen molar-refractivity contribution in [2.24, 2.45) is 0 Å². The number of aromatic amines is 1. The van der Waals surface area contributed by atoms with Crippen LogP contribution in [0, 0.1) is 13.8 Å². The Hall–Kier alpha value is -1.40. The van der Waals surface area contributed by atoms with E-state index < -0.39 is 0 Å². The molecule has 0 atom stereocenters. The Kier molecular flexibility index (Phi) is 5.14. The molecule has 0 aromatic carbocycles. The van der Waals surface area contributed by atoms with E-state index in [4.69, 9.17) is 0 Å².